The van der Waals surface area contributed by atoms with Crippen molar-refractivity contribution in [1.29, 1.82) is 0 Å². The number of nitrogens with zero attached hydrogens (tertiary/aromatic N) is 3. The summed E-state index contributed by atoms with van der Waals surface area (Å²) < 4.78 is 14.4. The van der Waals surface area contributed by atoms with E-state index in [2.05, 4.69) is 30.9 Å². The number of fused-ring (bicyclic) bond motifs is 1. The monoisotopic (exact) mass is 460 g/mol. The number of amides is 1. The number of rotatable bonds is 7. The third-order valence-corrected chi connectivity index (χ3v) is 6.12. The summed E-state index contributed by atoms with van der Waals surface area (Å²) in [6.07, 6.45) is 3.82. The number of anilines is 3. The maximum atomic E-state index is 14.4. The van der Waals surface area contributed by atoms with Crippen LogP contribution in [0, 0.1) is 5.82 Å². The standard InChI is InChI=1S/C21H25FN6O3S/c1-11(9-29)25-16-7-18(27-19-15(22)6-17-21(28-19)32-10-24-17)23-8-14(16)20(31)26-12-2-4-13(30)5-3-12/h6-8,10-13,29-30H,2-5,9H2,1H3,(H,26,31)(H2,23,25,27,28). The molecule has 0 aromatic carbocycles. The zero-order valence-electron chi connectivity index (χ0n) is 17.5. The molecular weight excluding hydrogens is 435 g/mol. The molecule has 3 aromatic rings. The Bertz CT molecular complexity index is 1100. The van der Waals surface area contributed by atoms with Gasteiger partial charge in [0.25, 0.3) is 5.91 Å². The summed E-state index contributed by atoms with van der Waals surface area (Å²) in [5.74, 6) is -0.558. The van der Waals surface area contributed by atoms with Crippen LogP contribution in [0.2, 0.25) is 0 Å². The Morgan fingerprint density at radius 3 is 2.81 bits per heavy atom. The van der Waals surface area contributed by atoms with Crippen LogP contribution in [0.4, 0.5) is 21.7 Å². The van der Waals surface area contributed by atoms with E-state index >= 15 is 0 Å². The van der Waals surface area contributed by atoms with Crippen molar-refractivity contribution in [2.45, 2.75) is 50.8 Å². The van der Waals surface area contributed by atoms with Crippen molar-refractivity contribution in [3.8, 4) is 0 Å². The second-order valence-electron chi connectivity index (χ2n) is 7.94. The molecule has 1 atom stereocenters. The number of carbonyl (C=O) groups is 1. The smallest absolute Gasteiger partial charge is 0.255 e. The van der Waals surface area contributed by atoms with E-state index in [1.807, 2.05) is 0 Å². The number of pyridine rings is 2. The number of aromatic nitrogens is 3. The first-order valence-corrected chi connectivity index (χ1v) is 11.3. The second-order valence-corrected chi connectivity index (χ2v) is 8.78. The highest BCUT2D eigenvalue weighted by atomic mass is 32.1. The molecule has 0 spiro atoms. The molecule has 1 fully saturated rings. The summed E-state index contributed by atoms with van der Waals surface area (Å²) in [6.45, 7) is 1.64. The first-order chi connectivity index (χ1) is 15.4. The number of carbonyl (C=O) groups excluding carboxylic acids is 1. The molecule has 3 heterocycles. The van der Waals surface area contributed by atoms with Crippen LogP contribution in [0.3, 0.4) is 0 Å². The molecular formula is C21H25FN6O3S. The van der Waals surface area contributed by atoms with E-state index in [4.69, 9.17) is 0 Å². The van der Waals surface area contributed by atoms with Crippen molar-refractivity contribution in [3.05, 3.63) is 35.2 Å². The molecule has 4 rings (SSSR count). The fourth-order valence-corrected chi connectivity index (χ4v) is 4.24. The third-order valence-electron chi connectivity index (χ3n) is 5.38. The van der Waals surface area contributed by atoms with Crippen molar-refractivity contribution in [2.75, 3.05) is 17.2 Å². The molecule has 1 amide bonds. The molecule has 0 bridgehead atoms. The first-order valence-electron chi connectivity index (χ1n) is 10.5. The summed E-state index contributed by atoms with van der Waals surface area (Å²) >= 11 is 1.30. The lowest BCUT2D eigenvalue weighted by atomic mass is 9.93. The van der Waals surface area contributed by atoms with Crippen molar-refractivity contribution in [1.82, 2.24) is 20.3 Å². The summed E-state index contributed by atoms with van der Waals surface area (Å²) in [5, 5.41) is 28.1. The topological polar surface area (TPSA) is 132 Å². The fourth-order valence-electron chi connectivity index (χ4n) is 3.60. The number of aliphatic hydroxyl groups excluding tert-OH is 2. The molecule has 1 aliphatic carbocycles. The zero-order chi connectivity index (χ0) is 22.7. The van der Waals surface area contributed by atoms with E-state index in [-0.39, 0.29) is 36.5 Å². The van der Waals surface area contributed by atoms with Gasteiger partial charge in [-0.25, -0.2) is 19.3 Å². The SMILES string of the molecule is CC(CO)Nc1cc(Nc2nc3scnc3cc2F)ncc1C(=O)NC1CCC(O)CC1. The minimum Gasteiger partial charge on any atom is -0.394 e. The molecule has 9 nitrogen and oxygen atoms in total. The highest BCUT2D eigenvalue weighted by molar-refractivity contribution is 7.16. The third kappa shape index (κ3) is 5.12. The Hall–Kier alpha value is -2.89. The molecule has 32 heavy (non-hydrogen) atoms. The summed E-state index contributed by atoms with van der Waals surface area (Å²) in [7, 11) is 0. The summed E-state index contributed by atoms with van der Waals surface area (Å²) in [6, 6.07) is 2.56. The average molecular weight is 461 g/mol. The number of nitrogens with one attached hydrogen (secondary N) is 3. The Labute approximate surface area is 188 Å². The van der Waals surface area contributed by atoms with Gasteiger partial charge < -0.3 is 26.2 Å². The Kier molecular flexibility index (Phi) is 6.77. The molecule has 170 valence electrons. The van der Waals surface area contributed by atoms with Crippen LogP contribution in [0.25, 0.3) is 10.3 Å². The number of thiazole rings is 1. The van der Waals surface area contributed by atoms with Crippen molar-refractivity contribution in [2.24, 2.45) is 0 Å². The highest BCUT2D eigenvalue weighted by Crippen LogP contribution is 2.26. The van der Waals surface area contributed by atoms with Crippen LogP contribution in [0.1, 0.15) is 43.0 Å². The average Bonchev–Trinajstić information content (AvgIpc) is 3.22. The maximum Gasteiger partial charge on any atom is 0.255 e. The lowest BCUT2D eigenvalue weighted by Gasteiger charge is -2.26. The van der Waals surface area contributed by atoms with Crippen LogP contribution in [0.5, 0.6) is 0 Å². The molecule has 11 heteroatoms. The Morgan fingerprint density at radius 1 is 1.28 bits per heavy atom. The maximum absolute atomic E-state index is 14.4. The van der Waals surface area contributed by atoms with E-state index in [9.17, 15) is 19.4 Å². The van der Waals surface area contributed by atoms with E-state index < -0.39 is 5.82 Å². The molecule has 1 unspecified atom stereocenters. The van der Waals surface area contributed by atoms with Gasteiger partial charge in [-0.1, -0.05) is 0 Å². The number of hydrogen-bond acceptors (Lipinski definition) is 9. The van der Waals surface area contributed by atoms with Gasteiger partial charge in [0.05, 0.1) is 29.5 Å². The fraction of sp³-hybridized carbons (Fsp3) is 0.429. The van der Waals surface area contributed by atoms with Crippen LogP contribution in [0.15, 0.2) is 23.8 Å². The van der Waals surface area contributed by atoms with Crippen molar-refractivity contribution in [3.63, 3.8) is 0 Å². The largest absolute Gasteiger partial charge is 0.394 e. The predicted octanol–water partition coefficient (Wildman–Crippen LogP) is 2.80. The Morgan fingerprint density at radius 2 is 2.06 bits per heavy atom. The number of hydrogen-bond donors (Lipinski definition) is 5. The molecule has 0 aliphatic heterocycles. The first kappa shape index (κ1) is 22.3. The van der Waals surface area contributed by atoms with Gasteiger partial charge in [0.1, 0.15) is 16.2 Å². The normalized spacial score (nSPS) is 19.5. The molecule has 1 aliphatic rings. The molecule has 3 aromatic heterocycles. The van der Waals surface area contributed by atoms with E-state index in [1.54, 1.807) is 18.5 Å². The van der Waals surface area contributed by atoms with E-state index in [0.717, 1.165) is 0 Å². The minimum atomic E-state index is -0.565. The van der Waals surface area contributed by atoms with Crippen molar-refractivity contribution < 1.29 is 19.4 Å². The van der Waals surface area contributed by atoms with Crippen molar-refractivity contribution >= 4 is 44.9 Å². The van der Waals surface area contributed by atoms with Gasteiger partial charge >= 0.3 is 0 Å². The van der Waals surface area contributed by atoms with Gasteiger partial charge in [-0.15, -0.1) is 11.3 Å². The quantitative estimate of drug-likeness (QED) is 0.364. The molecule has 0 saturated heterocycles. The van der Waals surface area contributed by atoms with Gasteiger partial charge in [0.15, 0.2) is 11.6 Å². The van der Waals surface area contributed by atoms with Gasteiger partial charge in [-0.3, -0.25) is 4.79 Å². The number of halogens is 1. The molecule has 1 saturated carbocycles. The van der Waals surface area contributed by atoms with E-state index in [0.29, 0.717) is 53.1 Å². The van der Waals surface area contributed by atoms with Gasteiger partial charge in [-0.2, -0.15) is 0 Å². The van der Waals surface area contributed by atoms with Gasteiger partial charge in [-0.05, 0) is 32.6 Å². The van der Waals surface area contributed by atoms with Crippen LogP contribution >= 0.6 is 11.3 Å². The Balaban J connectivity index is 1.57. The molecule has 5 N–H and O–H groups in total. The van der Waals surface area contributed by atoms with Crippen LogP contribution in [-0.2, 0) is 0 Å². The zero-order valence-corrected chi connectivity index (χ0v) is 18.3. The molecule has 0 radical (unpaired) electrons. The summed E-state index contributed by atoms with van der Waals surface area (Å²) in [4.78, 5) is 26.1. The highest BCUT2D eigenvalue weighted by Gasteiger charge is 2.23. The second kappa shape index (κ2) is 9.72. The van der Waals surface area contributed by atoms with E-state index in [1.165, 1.54) is 23.6 Å². The lowest BCUT2D eigenvalue weighted by Crippen LogP contribution is -2.39. The lowest BCUT2D eigenvalue weighted by molar-refractivity contribution is 0.0868. The predicted molar refractivity (Wildman–Crippen MR) is 121 cm³/mol. The van der Waals surface area contributed by atoms with Gasteiger partial charge in [0, 0.05) is 30.4 Å². The van der Waals surface area contributed by atoms with Crippen LogP contribution < -0.4 is 16.0 Å². The van der Waals surface area contributed by atoms with Crippen LogP contribution in [-0.4, -0.2) is 55.9 Å². The number of aliphatic hydroxyl groups is 2. The minimum absolute atomic E-state index is 0.00775. The van der Waals surface area contributed by atoms with Gasteiger partial charge in [0.2, 0.25) is 0 Å². The summed E-state index contributed by atoms with van der Waals surface area (Å²) in [5.41, 5.74) is 2.84.